The molecular formula is C20H23N5O. The van der Waals surface area contributed by atoms with Crippen molar-refractivity contribution in [1.29, 1.82) is 0 Å². The molecule has 0 spiro atoms. The van der Waals surface area contributed by atoms with Gasteiger partial charge >= 0.3 is 0 Å². The first-order chi connectivity index (χ1) is 12.7. The molecule has 4 heterocycles. The molecule has 6 heteroatoms. The maximum atomic E-state index is 12.3. The number of nitrogens with zero attached hydrogens (tertiary/aromatic N) is 4. The first-order valence-electron chi connectivity index (χ1n) is 9.06. The lowest BCUT2D eigenvalue weighted by molar-refractivity contribution is 0.0908. The van der Waals surface area contributed by atoms with E-state index < -0.39 is 0 Å². The zero-order valence-corrected chi connectivity index (χ0v) is 14.9. The van der Waals surface area contributed by atoms with Crippen molar-refractivity contribution < 1.29 is 4.79 Å². The summed E-state index contributed by atoms with van der Waals surface area (Å²) < 4.78 is 2.14. The summed E-state index contributed by atoms with van der Waals surface area (Å²) >= 11 is 0. The predicted octanol–water partition coefficient (Wildman–Crippen LogP) is 2.43. The summed E-state index contributed by atoms with van der Waals surface area (Å²) in [6.07, 6.45) is 7.57. The van der Waals surface area contributed by atoms with Gasteiger partial charge in [-0.25, -0.2) is 4.98 Å². The maximum absolute atomic E-state index is 12.3. The molecule has 6 nitrogen and oxygen atoms in total. The normalized spacial score (nSPS) is 16.0. The molecule has 0 bridgehead atoms. The van der Waals surface area contributed by atoms with Gasteiger partial charge in [-0.05, 0) is 44.0 Å². The van der Waals surface area contributed by atoms with Gasteiger partial charge in [-0.1, -0.05) is 6.07 Å². The quantitative estimate of drug-likeness (QED) is 0.786. The van der Waals surface area contributed by atoms with Crippen LogP contribution in [-0.4, -0.2) is 44.3 Å². The van der Waals surface area contributed by atoms with E-state index in [1.807, 2.05) is 43.5 Å². The third kappa shape index (κ3) is 3.60. The van der Waals surface area contributed by atoms with E-state index in [0.717, 1.165) is 43.8 Å². The average Bonchev–Trinajstić information content (AvgIpc) is 3.07. The maximum Gasteiger partial charge on any atom is 0.253 e. The van der Waals surface area contributed by atoms with Crippen LogP contribution in [0.25, 0.3) is 5.65 Å². The van der Waals surface area contributed by atoms with Gasteiger partial charge in [0.25, 0.3) is 5.91 Å². The third-order valence-electron chi connectivity index (χ3n) is 4.98. The van der Waals surface area contributed by atoms with Crippen molar-refractivity contribution in [3.8, 4) is 0 Å². The average molecular weight is 349 g/mol. The highest BCUT2D eigenvalue weighted by Gasteiger charge is 2.22. The second-order valence-corrected chi connectivity index (χ2v) is 6.89. The molecule has 0 unspecified atom stereocenters. The zero-order chi connectivity index (χ0) is 17.9. The number of amides is 1. The molecule has 0 saturated carbocycles. The Kier molecular flexibility index (Phi) is 4.67. The summed E-state index contributed by atoms with van der Waals surface area (Å²) in [5.41, 5.74) is 3.73. The van der Waals surface area contributed by atoms with Crippen molar-refractivity contribution in [1.82, 2.24) is 24.6 Å². The van der Waals surface area contributed by atoms with Gasteiger partial charge in [0, 0.05) is 43.8 Å². The fourth-order valence-corrected chi connectivity index (χ4v) is 3.44. The second kappa shape index (κ2) is 7.25. The van der Waals surface area contributed by atoms with Gasteiger partial charge < -0.3 is 9.72 Å². The molecule has 1 N–H and O–H groups in total. The summed E-state index contributed by atoms with van der Waals surface area (Å²) in [5, 5.41) is 3.14. The van der Waals surface area contributed by atoms with E-state index >= 15 is 0 Å². The van der Waals surface area contributed by atoms with Crippen molar-refractivity contribution in [2.45, 2.75) is 32.4 Å². The van der Waals surface area contributed by atoms with Crippen LogP contribution >= 0.6 is 0 Å². The molecule has 134 valence electrons. The number of hydrogen-bond acceptors (Lipinski definition) is 4. The highest BCUT2D eigenvalue weighted by Crippen LogP contribution is 2.15. The minimum Gasteiger partial charge on any atom is -0.349 e. The minimum atomic E-state index is -0.0299. The van der Waals surface area contributed by atoms with Crippen molar-refractivity contribution in [3.63, 3.8) is 0 Å². The van der Waals surface area contributed by atoms with Crippen molar-refractivity contribution in [3.05, 3.63) is 65.9 Å². The number of carbonyl (C=O) groups excluding carboxylic acids is 1. The van der Waals surface area contributed by atoms with Crippen molar-refractivity contribution >= 4 is 11.6 Å². The van der Waals surface area contributed by atoms with E-state index in [4.69, 9.17) is 0 Å². The smallest absolute Gasteiger partial charge is 0.253 e. The summed E-state index contributed by atoms with van der Waals surface area (Å²) in [7, 11) is 0. The Hall–Kier alpha value is -2.73. The standard InChI is InChI=1S/C20H23N5O/c1-15-5-6-16(12-21-15)20(26)23-17-7-10-24(11-8-17)14-18-13-22-19-4-2-3-9-25(18)19/h2-6,9,12-13,17H,7-8,10-11,14H2,1H3,(H,23,26). The number of pyridine rings is 2. The van der Waals surface area contributed by atoms with E-state index in [1.165, 1.54) is 5.69 Å². The lowest BCUT2D eigenvalue weighted by atomic mass is 10.0. The molecule has 4 rings (SSSR count). The highest BCUT2D eigenvalue weighted by molar-refractivity contribution is 5.94. The van der Waals surface area contributed by atoms with Crippen LogP contribution in [0.1, 0.15) is 34.6 Å². The summed E-state index contributed by atoms with van der Waals surface area (Å²) in [5.74, 6) is -0.0299. The molecule has 0 aliphatic carbocycles. The number of imidazole rings is 1. The molecule has 26 heavy (non-hydrogen) atoms. The van der Waals surface area contributed by atoms with E-state index in [0.29, 0.717) is 5.56 Å². The van der Waals surface area contributed by atoms with Crippen LogP contribution in [-0.2, 0) is 6.54 Å². The van der Waals surface area contributed by atoms with E-state index in [1.54, 1.807) is 6.20 Å². The molecule has 0 aromatic carbocycles. The lowest BCUT2D eigenvalue weighted by Gasteiger charge is -2.32. The number of nitrogens with one attached hydrogen (secondary N) is 1. The first kappa shape index (κ1) is 16.7. The number of likely N-dealkylation sites (tertiary alicyclic amines) is 1. The monoisotopic (exact) mass is 349 g/mol. The fraction of sp³-hybridized carbons (Fsp3) is 0.350. The molecule has 1 amide bonds. The summed E-state index contributed by atoms with van der Waals surface area (Å²) in [6.45, 7) is 4.74. The van der Waals surface area contributed by atoms with Gasteiger partial charge in [0.1, 0.15) is 5.65 Å². The van der Waals surface area contributed by atoms with E-state index in [-0.39, 0.29) is 11.9 Å². The van der Waals surface area contributed by atoms with Crippen LogP contribution in [0.5, 0.6) is 0 Å². The van der Waals surface area contributed by atoms with Gasteiger partial charge in [0.05, 0.1) is 17.5 Å². The number of aryl methyl sites for hydroxylation is 1. The minimum absolute atomic E-state index is 0.0299. The lowest BCUT2D eigenvalue weighted by Crippen LogP contribution is -2.44. The first-order valence-corrected chi connectivity index (χ1v) is 9.06. The number of rotatable bonds is 4. The Morgan fingerprint density at radius 3 is 2.77 bits per heavy atom. The number of fused-ring (bicyclic) bond motifs is 1. The molecule has 1 fully saturated rings. The molecule has 1 saturated heterocycles. The van der Waals surface area contributed by atoms with Gasteiger partial charge in [0.2, 0.25) is 0 Å². The van der Waals surface area contributed by atoms with E-state index in [9.17, 15) is 4.79 Å². The van der Waals surface area contributed by atoms with Crippen LogP contribution in [0.15, 0.2) is 48.9 Å². The predicted molar refractivity (Wildman–Crippen MR) is 99.9 cm³/mol. The number of hydrogen-bond donors (Lipinski definition) is 1. The zero-order valence-electron chi connectivity index (χ0n) is 14.9. The molecule has 0 radical (unpaired) electrons. The Balaban J connectivity index is 1.31. The van der Waals surface area contributed by atoms with E-state index in [2.05, 4.69) is 30.8 Å². The molecule has 3 aromatic rings. The Morgan fingerprint density at radius 2 is 2.00 bits per heavy atom. The largest absolute Gasteiger partial charge is 0.349 e. The van der Waals surface area contributed by atoms with Gasteiger partial charge in [-0.15, -0.1) is 0 Å². The fourth-order valence-electron chi connectivity index (χ4n) is 3.44. The molecule has 0 atom stereocenters. The van der Waals surface area contributed by atoms with Crippen LogP contribution in [0.4, 0.5) is 0 Å². The number of aromatic nitrogens is 3. The van der Waals surface area contributed by atoms with Gasteiger partial charge in [0.15, 0.2) is 0 Å². The molecule has 1 aliphatic rings. The van der Waals surface area contributed by atoms with Crippen LogP contribution < -0.4 is 5.32 Å². The third-order valence-corrected chi connectivity index (χ3v) is 4.98. The molecule has 3 aromatic heterocycles. The Morgan fingerprint density at radius 1 is 1.15 bits per heavy atom. The SMILES string of the molecule is Cc1ccc(C(=O)NC2CCN(Cc3cnc4ccccn34)CC2)cn1. The second-order valence-electron chi connectivity index (χ2n) is 6.89. The summed E-state index contributed by atoms with van der Waals surface area (Å²) in [6, 6.07) is 9.97. The number of carbonyl (C=O) groups is 1. The van der Waals surface area contributed by atoms with Gasteiger partial charge in [-0.3, -0.25) is 14.7 Å². The van der Waals surface area contributed by atoms with Crippen molar-refractivity contribution in [2.75, 3.05) is 13.1 Å². The van der Waals surface area contributed by atoms with Crippen LogP contribution in [0, 0.1) is 6.92 Å². The van der Waals surface area contributed by atoms with Crippen LogP contribution in [0.3, 0.4) is 0 Å². The Bertz CT molecular complexity index is 894. The Labute approximate surface area is 152 Å². The topological polar surface area (TPSA) is 62.5 Å². The summed E-state index contributed by atoms with van der Waals surface area (Å²) in [4.78, 5) is 23.4. The number of piperidine rings is 1. The van der Waals surface area contributed by atoms with Gasteiger partial charge in [-0.2, -0.15) is 0 Å². The molecule has 1 aliphatic heterocycles. The molecular weight excluding hydrogens is 326 g/mol. The highest BCUT2D eigenvalue weighted by atomic mass is 16.1. The van der Waals surface area contributed by atoms with Crippen LogP contribution in [0.2, 0.25) is 0 Å². The van der Waals surface area contributed by atoms with Crippen molar-refractivity contribution in [2.24, 2.45) is 0 Å².